The van der Waals surface area contributed by atoms with Crippen LogP contribution in [0.2, 0.25) is 0 Å². The Morgan fingerprint density at radius 2 is 1.97 bits per heavy atom. The summed E-state index contributed by atoms with van der Waals surface area (Å²) < 4.78 is 7.25. The number of Topliss-reactive ketones (excluding diaryl/α,β-unsaturated/α-hetero) is 1. The smallest absolute Gasteiger partial charge is 0.277 e. The van der Waals surface area contributed by atoms with E-state index in [1.807, 2.05) is 44.7 Å². The summed E-state index contributed by atoms with van der Waals surface area (Å²) in [6.07, 6.45) is 1.12. The van der Waals surface area contributed by atoms with Gasteiger partial charge in [-0.2, -0.15) is 0 Å². The number of nitrogens with one attached hydrogen (secondary N) is 1. The van der Waals surface area contributed by atoms with E-state index in [2.05, 4.69) is 10.3 Å². The minimum Gasteiger partial charge on any atom is -0.364 e. The van der Waals surface area contributed by atoms with Gasteiger partial charge in [-0.25, -0.2) is 4.98 Å². The van der Waals surface area contributed by atoms with Crippen LogP contribution in [0.15, 0.2) is 46.5 Å². The van der Waals surface area contributed by atoms with Crippen LogP contribution in [-0.2, 0) is 21.4 Å². The molecule has 2 fully saturated rings. The Labute approximate surface area is 179 Å². The molecule has 1 aromatic heterocycles. The number of aromatic nitrogens is 2. The SMILES string of the molecule is CC(C)=CC(=O)NC1=C(c2nc3ccccc3n(C)c2=O)C(=O)[C@]2(C)[C@@H]3OC3[C@H](C)N12. The molecular formula is C23H24N4O4. The van der Waals surface area contributed by atoms with Crippen LogP contribution >= 0.6 is 0 Å². The van der Waals surface area contributed by atoms with Crippen LogP contribution in [0.25, 0.3) is 16.6 Å². The number of epoxide rings is 1. The number of ketones is 1. The molecule has 1 amide bonds. The first kappa shape index (κ1) is 19.7. The van der Waals surface area contributed by atoms with Crippen LogP contribution in [0.3, 0.4) is 0 Å². The van der Waals surface area contributed by atoms with Gasteiger partial charge in [0.25, 0.3) is 5.56 Å². The lowest BCUT2D eigenvalue weighted by Crippen LogP contribution is -2.51. The summed E-state index contributed by atoms with van der Waals surface area (Å²) in [6, 6.07) is 7.14. The predicted octanol–water partition coefficient (Wildman–Crippen LogP) is 1.50. The third kappa shape index (κ3) is 2.57. The molecule has 0 saturated carbocycles. The number of carbonyl (C=O) groups is 2. The Balaban J connectivity index is 1.76. The minimum atomic E-state index is -0.981. The van der Waals surface area contributed by atoms with Crippen molar-refractivity contribution in [2.24, 2.45) is 7.05 Å². The second kappa shape index (κ2) is 6.37. The molecule has 2 saturated heterocycles. The van der Waals surface area contributed by atoms with Crippen molar-refractivity contribution in [1.29, 1.82) is 0 Å². The number of morpholine rings is 1. The highest BCUT2D eigenvalue weighted by Crippen LogP contribution is 2.55. The quantitative estimate of drug-likeness (QED) is 0.597. The van der Waals surface area contributed by atoms with E-state index in [4.69, 9.17) is 4.74 Å². The Bertz CT molecular complexity index is 1290. The highest BCUT2D eigenvalue weighted by Gasteiger charge is 2.73. The van der Waals surface area contributed by atoms with E-state index < -0.39 is 5.54 Å². The first-order chi connectivity index (χ1) is 14.7. The number of hydrogen-bond donors (Lipinski definition) is 1. The van der Waals surface area contributed by atoms with Crippen LogP contribution in [0, 0.1) is 0 Å². The molecule has 4 heterocycles. The first-order valence-electron chi connectivity index (χ1n) is 10.3. The molecule has 1 N–H and O–H groups in total. The summed E-state index contributed by atoms with van der Waals surface area (Å²) in [4.78, 5) is 46.1. The fourth-order valence-corrected chi connectivity index (χ4v) is 5.00. The number of carbonyl (C=O) groups excluding carboxylic acids is 2. The lowest BCUT2D eigenvalue weighted by atomic mass is 9.90. The summed E-state index contributed by atoms with van der Waals surface area (Å²) in [5.74, 6) is -0.272. The number of allylic oxidation sites excluding steroid dienone is 1. The number of benzene rings is 1. The van der Waals surface area contributed by atoms with E-state index in [1.165, 1.54) is 10.6 Å². The average Bonchev–Trinajstić information content (AvgIpc) is 3.44. The molecule has 5 rings (SSSR count). The zero-order chi connectivity index (χ0) is 22.2. The molecule has 8 nitrogen and oxygen atoms in total. The summed E-state index contributed by atoms with van der Waals surface area (Å²) in [7, 11) is 1.66. The van der Waals surface area contributed by atoms with Crippen molar-refractivity contribution < 1.29 is 14.3 Å². The van der Waals surface area contributed by atoms with Gasteiger partial charge in [-0.1, -0.05) is 17.7 Å². The van der Waals surface area contributed by atoms with Gasteiger partial charge in [0.15, 0.2) is 5.78 Å². The zero-order valence-corrected chi connectivity index (χ0v) is 18.1. The lowest BCUT2D eigenvalue weighted by Gasteiger charge is -2.35. The molecule has 2 aromatic rings. The monoisotopic (exact) mass is 420 g/mol. The predicted molar refractivity (Wildman–Crippen MR) is 115 cm³/mol. The van der Waals surface area contributed by atoms with Crippen molar-refractivity contribution in [2.75, 3.05) is 0 Å². The topological polar surface area (TPSA) is 96.8 Å². The molecule has 1 unspecified atom stereocenters. The van der Waals surface area contributed by atoms with Crippen molar-refractivity contribution in [2.45, 2.75) is 51.5 Å². The molecule has 3 aliphatic heterocycles. The van der Waals surface area contributed by atoms with E-state index in [0.717, 1.165) is 5.57 Å². The molecule has 160 valence electrons. The summed E-state index contributed by atoms with van der Waals surface area (Å²) in [6.45, 7) is 7.42. The fraction of sp³-hybridized carbons (Fsp3) is 0.391. The van der Waals surface area contributed by atoms with Gasteiger partial charge in [0, 0.05) is 13.1 Å². The standard InChI is InChI=1S/C23H24N4O4/c1-11(2)10-15(28)25-21-16(19(29)23(4)20-18(31-20)12(3)27(21)23)17-22(30)26(5)14-9-7-6-8-13(14)24-17/h6-10,12,18,20H,1-5H3,(H,25,28)/t12-,18?,20+,23+/m0/s1. The number of fused-ring (bicyclic) bond motifs is 4. The molecule has 1 aromatic carbocycles. The van der Waals surface area contributed by atoms with Crippen molar-refractivity contribution in [3.8, 4) is 0 Å². The van der Waals surface area contributed by atoms with E-state index in [0.29, 0.717) is 16.9 Å². The van der Waals surface area contributed by atoms with Gasteiger partial charge in [-0.05, 0) is 39.8 Å². The number of hydrogen-bond acceptors (Lipinski definition) is 6. The summed E-state index contributed by atoms with van der Waals surface area (Å²) in [5, 5.41) is 2.88. The van der Waals surface area contributed by atoms with E-state index >= 15 is 0 Å². The number of amides is 1. The van der Waals surface area contributed by atoms with Gasteiger partial charge >= 0.3 is 0 Å². The van der Waals surface area contributed by atoms with E-state index in [-0.39, 0.29) is 46.8 Å². The molecule has 3 aliphatic rings. The average molecular weight is 420 g/mol. The van der Waals surface area contributed by atoms with Gasteiger partial charge in [-0.3, -0.25) is 14.4 Å². The third-order valence-corrected chi connectivity index (χ3v) is 6.51. The Kier molecular flexibility index (Phi) is 4.05. The number of aryl methyl sites for hydroxylation is 1. The zero-order valence-electron chi connectivity index (χ0n) is 18.1. The largest absolute Gasteiger partial charge is 0.364 e. The normalized spacial score (nSPS) is 28.6. The van der Waals surface area contributed by atoms with Crippen LogP contribution in [0.1, 0.15) is 33.4 Å². The van der Waals surface area contributed by atoms with E-state index in [9.17, 15) is 14.4 Å². The Morgan fingerprint density at radius 3 is 2.68 bits per heavy atom. The molecule has 4 atom stereocenters. The van der Waals surface area contributed by atoms with Gasteiger partial charge in [-0.15, -0.1) is 0 Å². The molecule has 0 radical (unpaired) electrons. The maximum atomic E-state index is 13.8. The van der Waals surface area contributed by atoms with Crippen molar-refractivity contribution in [3.05, 3.63) is 57.8 Å². The third-order valence-electron chi connectivity index (χ3n) is 6.51. The molecule has 0 bridgehead atoms. The van der Waals surface area contributed by atoms with Crippen LogP contribution < -0.4 is 10.9 Å². The molecule has 0 aliphatic carbocycles. The summed E-state index contributed by atoms with van der Waals surface area (Å²) >= 11 is 0. The van der Waals surface area contributed by atoms with Gasteiger partial charge < -0.3 is 19.5 Å². The van der Waals surface area contributed by atoms with Crippen LogP contribution in [0.4, 0.5) is 0 Å². The molecule has 0 spiro atoms. The van der Waals surface area contributed by atoms with E-state index in [1.54, 1.807) is 19.2 Å². The highest BCUT2D eigenvalue weighted by molar-refractivity contribution is 6.28. The van der Waals surface area contributed by atoms with Crippen LogP contribution in [-0.4, -0.2) is 49.9 Å². The minimum absolute atomic E-state index is 0.0405. The van der Waals surface area contributed by atoms with Crippen molar-refractivity contribution in [1.82, 2.24) is 19.8 Å². The maximum Gasteiger partial charge on any atom is 0.277 e. The van der Waals surface area contributed by atoms with Crippen molar-refractivity contribution >= 4 is 28.3 Å². The summed E-state index contributed by atoms with van der Waals surface area (Å²) in [5.41, 5.74) is 0.909. The van der Waals surface area contributed by atoms with Gasteiger partial charge in [0.1, 0.15) is 29.3 Å². The fourth-order valence-electron chi connectivity index (χ4n) is 5.00. The second-order valence-electron chi connectivity index (χ2n) is 8.86. The lowest BCUT2D eigenvalue weighted by molar-refractivity contribution is -0.124. The molecule has 8 heteroatoms. The number of ether oxygens (including phenoxy) is 1. The first-order valence-corrected chi connectivity index (χ1v) is 10.3. The van der Waals surface area contributed by atoms with Gasteiger partial charge in [0.05, 0.1) is 22.6 Å². The highest BCUT2D eigenvalue weighted by atomic mass is 16.6. The number of para-hydroxylation sites is 2. The second-order valence-corrected chi connectivity index (χ2v) is 8.86. The van der Waals surface area contributed by atoms with Crippen molar-refractivity contribution in [3.63, 3.8) is 0 Å². The maximum absolute atomic E-state index is 13.8. The van der Waals surface area contributed by atoms with Crippen LogP contribution in [0.5, 0.6) is 0 Å². The van der Waals surface area contributed by atoms with Gasteiger partial charge in [0.2, 0.25) is 5.91 Å². The Morgan fingerprint density at radius 1 is 1.26 bits per heavy atom. The number of nitrogens with zero attached hydrogens (tertiary/aromatic N) is 3. The number of rotatable bonds is 3. The molecule has 31 heavy (non-hydrogen) atoms. The Hall–Kier alpha value is -3.26. The molecular weight excluding hydrogens is 396 g/mol.